The van der Waals surface area contributed by atoms with Gasteiger partial charge >= 0.3 is 0 Å². The fourth-order valence-electron chi connectivity index (χ4n) is 3.58. The van der Waals surface area contributed by atoms with Crippen LogP contribution in [0.1, 0.15) is 0 Å². The number of nitrogens with two attached hydrogens (primary N) is 1. The van der Waals surface area contributed by atoms with Crippen molar-refractivity contribution in [2.45, 2.75) is 6.04 Å². The Morgan fingerprint density at radius 1 is 0.929 bits per heavy atom. The minimum Gasteiger partial charge on any atom is -0.378 e. The van der Waals surface area contributed by atoms with E-state index in [1.807, 2.05) is 66.8 Å². The summed E-state index contributed by atoms with van der Waals surface area (Å²) in [6.07, 6.45) is 17.5. The fraction of sp³-hybridized carbons (Fsp3) is 0.0952. The number of nitrogens with zero attached hydrogens (tertiary/aromatic N) is 2. The van der Waals surface area contributed by atoms with Gasteiger partial charge in [-0.15, -0.1) is 0 Å². The highest BCUT2D eigenvalue weighted by molar-refractivity contribution is 6.20. The highest BCUT2D eigenvalue weighted by atomic mass is 16.2. The highest BCUT2D eigenvalue weighted by Gasteiger charge is 2.31. The van der Waals surface area contributed by atoms with Gasteiger partial charge in [0.15, 0.2) is 0 Å². The van der Waals surface area contributed by atoms with Crippen LogP contribution in [-0.2, 0) is 4.79 Å². The molecule has 1 aromatic rings. The molecule has 0 fully saturated rings. The Morgan fingerprint density at radius 3 is 2.32 bits per heavy atom. The third kappa shape index (κ3) is 3.08. The summed E-state index contributed by atoms with van der Waals surface area (Å²) >= 11 is 0. The zero-order valence-electron chi connectivity index (χ0n) is 14.9. The zero-order valence-corrected chi connectivity index (χ0v) is 14.9. The molecule has 2 unspecified atom stereocenters. The molecule has 0 radical (unpaired) electrons. The van der Waals surface area contributed by atoms with Gasteiger partial charge in [-0.05, 0) is 66.8 Å². The van der Waals surface area contributed by atoms with Crippen LogP contribution in [0.3, 0.4) is 0 Å². The Hall–Kier alpha value is -3.71. The molecule has 0 saturated carbocycles. The molecule has 7 heteroatoms. The molecule has 2 atom stereocenters. The van der Waals surface area contributed by atoms with Crippen molar-refractivity contribution in [1.29, 1.82) is 0 Å². The third-order valence-corrected chi connectivity index (χ3v) is 4.88. The first-order chi connectivity index (χ1) is 13.7. The molecule has 0 aliphatic carbocycles. The summed E-state index contributed by atoms with van der Waals surface area (Å²) < 4.78 is 0. The zero-order chi connectivity index (χ0) is 19.1. The SMILES string of the molecule is NNC(=O)C1C=C2/C=C3/C=CC(=N3)/C=c3/cc/c([nH]3)=C/C3=NC(=C\C1N2)/C=C3. The molecule has 8 bridgehead atoms. The molecular weight excluding hydrogens is 352 g/mol. The predicted molar refractivity (Wildman–Crippen MR) is 109 cm³/mol. The van der Waals surface area contributed by atoms with Crippen LogP contribution in [0, 0.1) is 5.92 Å². The van der Waals surface area contributed by atoms with Crippen molar-refractivity contribution in [1.82, 2.24) is 15.7 Å². The second-order valence-electron chi connectivity index (χ2n) is 6.88. The minimum atomic E-state index is -0.428. The van der Waals surface area contributed by atoms with E-state index in [1.54, 1.807) is 0 Å². The molecule has 5 heterocycles. The predicted octanol–water partition coefficient (Wildman–Crippen LogP) is -0.159. The molecule has 5 N–H and O–H groups in total. The summed E-state index contributed by atoms with van der Waals surface area (Å²) in [5.41, 5.74) is 6.39. The second-order valence-corrected chi connectivity index (χ2v) is 6.88. The van der Waals surface area contributed by atoms with E-state index in [0.29, 0.717) is 0 Å². The number of fused-ring (bicyclic) bond motifs is 6. The maximum atomic E-state index is 12.2. The van der Waals surface area contributed by atoms with Crippen LogP contribution in [0.2, 0.25) is 0 Å². The number of amides is 1. The highest BCUT2D eigenvalue weighted by Crippen LogP contribution is 2.24. The van der Waals surface area contributed by atoms with Gasteiger partial charge in [0.05, 0.1) is 34.8 Å². The quantitative estimate of drug-likeness (QED) is 0.313. The number of carbonyl (C=O) groups excluding carboxylic acids is 1. The van der Waals surface area contributed by atoms with Crippen molar-refractivity contribution in [3.05, 3.63) is 82.5 Å². The number of carbonyl (C=O) groups is 1. The fourth-order valence-corrected chi connectivity index (χ4v) is 3.58. The van der Waals surface area contributed by atoms with Crippen molar-refractivity contribution in [2.75, 3.05) is 0 Å². The lowest BCUT2D eigenvalue weighted by Crippen LogP contribution is -2.41. The summed E-state index contributed by atoms with van der Waals surface area (Å²) in [6.45, 7) is 0. The van der Waals surface area contributed by atoms with Crippen molar-refractivity contribution in [2.24, 2.45) is 21.7 Å². The van der Waals surface area contributed by atoms with E-state index in [2.05, 4.69) is 25.7 Å². The molecule has 0 saturated heterocycles. The number of nitrogens with one attached hydrogen (secondary N) is 3. The largest absolute Gasteiger partial charge is 0.378 e. The van der Waals surface area contributed by atoms with Gasteiger partial charge in [0.2, 0.25) is 5.91 Å². The van der Waals surface area contributed by atoms with E-state index in [1.165, 1.54) is 0 Å². The van der Waals surface area contributed by atoms with E-state index in [9.17, 15) is 4.79 Å². The molecule has 0 spiro atoms. The number of H-pyrrole nitrogens is 1. The van der Waals surface area contributed by atoms with E-state index < -0.39 is 5.92 Å². The molecule has 1 amide bonds. The van der Waals surface area contributed by atoms with Crippen molar-refractivity contribution >= 4 is 29.5 Å². The van der Waals surface area contributed by atoms with Crippen LogP contribution < -0.4 is 27.3 Å². The first-order valence-corrected chi connectivity index (χ1v) is 9.01. The van der Waals surface area contributed by atoms with Crippen LogP contribution >= 0.6 is 0 Å². The average molecular weight is 370 g/mol. The maximum Gasteiger partial charge on any atom is 0.243 e. The van der Waals surface area contributed by atoms with Crippen LogP contribution in [0.5, 0.6) is 0 Å². The Kier molecular flexibility index (Phi) is 3.80. The first-order valence-electron chi connectivity index (χ1n) is 9.01. The van der Waals surface area contributed by atoms with E-state index in [0.717, 1.165) is 39.2 Å². The molecule has 0 aromatic carbocycles. The Bertz CT molecular complexity index is 1200. The van der Waals surface area contributed by atoms with Crippen LogP contribution in [0.4, 0.5) is 0 Å². The molecule has 138 valence electrons. The van der Waals surface area contributed by atoms with Crippen molar-refractivity contribution in [3.63, 3.8) is 0 Å². The Labute approximate surface area is 160 Å². The summed E-state index contributed by atoms with van der Waals surface area (Å²) in [7, 11) is 0. The molecule has 1 aromatic heterocycles. The van der Waals surface area contributed by atoms with Crippen LogP contribution in [0.15, 0.2) is 81.7 Å². The number of rotatable bonds is 1. The van der Waals surface area contributed by atoms with Crippen LogP contribution in [0.25, 0.3) is 12.2 Å². The molecule has 4 aliphatic heterocycles. The summed E-state index contributed by atoms with van der Waals surface area (Å²) in [5, 5.41) is 5.30. The van der Waals surface area contributed by atoms with E-state index in [-0.39, 0.29) is 11.9 Å². The van der Waals surface area contributed by atoms with Gasteiger partial charge in [0, 0.05) is 16.4 Å². The number of aromatic nitrogens is 1. The Balaban J connectivity index is 1.65. The maximum absolute atomic E-state index is 12.2. The molecule has 28 heavy (non-hydrogen) atoms. The number of aliphatic imine (C=N–C) groups is 2. The summed E-state index contributed by atoms with van der Waals surface area (Å²) in [4.78, 5) is 24.8. The van der Waals surface area contributed by atoms with Gasteiger partial charge in [0.25, 0.3) is 0 Å². The van der Waals surface area contributed by atoms with Crippen molar-refractivity contribution in [3.8, 4) is 0 Å². The Morgan fingerprint density at radius 2 is 1.61 bits per heavy atom. The molecule has 5 rings (SSSR count). The van der Waals surface area contributed by atoms with Gasteiger partial charge in [-0.2, -0.15) is 0 Å². The standard InChI is InChI=1S/C21H18N6O/c22-27-21(28)19-10-18-9-16-4-3-14(24-16)7-12-1-2-13(23-12)8-15-5-6-17(25-15)11-20(19)26-18/h1-11,19-20,23,26H,22H2,(H,27,28)/b12-7-,13-8-,16-9-,17-11-. The van der Waals surface area contributed by atoms with Gasteiger partial charge in [-0.25, -0.2) is 15.8 Å². The smallest absolute Gasteiger partial charge is 0.243 e. The van der Waals surface area contributed by atoms with Gasteiger partial charge in [-0.3, -0.25) is 10.2 Å². The number of allylic oxidation sites excluding steroid dienone is 5. The monoisotopic (exact) mass is 370 g/mol. The van der Waals surface area contributed by atoms with Crippen molar-refractivity contribution < 1.29 is 4.79 Å². The number of hydrogen-bond acceptors (Lipinski definition) is 5. The second kappa shape index (κ2) is 6.47. The van der Waals surface area contributed by atoms with Crippen LogP contribution in [-0.4, -0.2) is 28.4 Å². The molecular formula is C21H18N6O. The molecule has 7 nitrogen and oxygen atoms in total. The summed E-state index contributed by atoms with van der Waals surface area (Å²) in [6, 6.07) is 3.78. The number of aromatic amines is 1. The normalized spacial score (nSPS) is 30.4. The lowest BCUT2D eigenvalue weighted by Gasteiger charge is -2.15. The topological polar surface area (TPSA) is 108 Å². The molecule has 4 aliphatic rings. The lowest BCUT2D eigenvalue weighted by molar-refractivity contribution is -0.123. The third-order valence-electron chi connectivity index (χ3n) is 4.88. The number of hydrogen-bond donors (Lipinski definition) is 4. The van der Waals surface area contributed by atoms with E-state index in [4.69, 9.17) is 5.84 Å². The summed E-state index contributed by atoms with van der Waals surface area (Å²) in [5.74, 6) is 4.69. The van der Waals surface area contributed by atoms with Gasteiger partial charge in [0.1, 0.15) is 0 Å². The number of hydrazine groups is 1. The van der Waals surface area contributed by atoms with Gasteiger partial charge in [-0.1, -0.05) is 0 Å². The minimum absolute atomic E-state index is 0.247. The lowest BCUT2D eigenvalue weighted by atomic mass is 10.0. The first kappa shape index (κ1) is 16.5. The van der Waals surface area contributed by atoms with Gasteiger partial charge < -0.3 is 10.3 Å². The van der Waals surface area contributed by atoms with E-state index >= 15 is 0 Å². The average Bonchev–Trinajstić information content (AvgIpc) is 3.45.